The summed E-state index contributed by atoms with van der Waals surface area (Å²) in [4.78, 5) is 13.8. The molecule has 5 heteroatoms. The van der Waals surface area contributed by atoms with E-state index < -0.39 is 0 Å². The highest BCUT2D eigenvalue weighted by Crippen LogP contribution is 2.04. The monoisotopic (exact) mass is 239 g/mol. The van der Waals surface area contributed by atoms with Gasteiger partial charge in [0.2, 0.25) is 5.91 Å². The fraction of sp³-hybridized carbons (Fsp3) is 0.667. The Labute approximate surface area is 102 Å². The Bertz CT molecular complexity index is 323. The molecule has 17 heavy (non-hydrogen) atoms. The summed E-state index contributed by atoms with van der Waals surface area (Å²) in [5, 5.41) is 12.9. The minimum absolute atomic E-state index is 0.115. The van der Waals surface area contributed by atoms with Crippen molar-refractivity contribution in [1.29, 1.82) is 0 Å². The topological polar surface area (TPSA) is 58.4 Å². The highest BCUT2D eigenvalue weighted by Gasteiger charge is 2.15. The molecule has 0 radical (unpaired) electrons. The Morgan fingerprint density at radius 2 is 2.29 bits per heavy atom. The molecule has 1 heterocycles. The average molecular weight is 239 g/mol. The van der Waals surface area contributed by atoms with Gasteiger partial charge in [-0.05, 0) is 26.3 Å². The summed E-state index contributed by atoms with van der Waals surface area (Å²) < 4.78 is 1.75. The molecule has 96 valence electrons. The predicted octanol–water partition coefficient (Wildman–Crippen LogP) is 0.893. The summed E-state index contributed by atoms with van der Waals surface area (Å²) in [6.07, 6.45) is 4.63. The molecule has 0 unspecified atom stereocenters. The summed E-state index contributed by atoms with van der Waals surface area (Å²) in [6, 6.07) is 2.02. The molecule has 0 atom stereocenters. The first-order chi connectivity index (χ1) is 8.15. The zero-order valence-electron chi connectivity index (χ0n) is 10.5. The number of nitrogens with zero attached hydrogens (tertiary/aromatic N) is 3. The Kier molecular flexibility index (Phi) is 5.69. The standard InChI is InChI=1S/C12H21N3O2/c1-11(2)15(8-4-10-16)12(17)5-9-14-7-3-6-13-14/h3,6-7,11,16H,4-5,8-10H2,1-2H3. The number of aliphatic hydroxyl groups excluding tert-OH is 1. The van der Waals surface area contributed by atoms with Gasteiger partial charge in [-0.3, -0.25) is 9.48 Å². The molecule has 0 aliphatic heterocycles. The quantitative estimate of drug-likeness (QED) is 0.769. The van der Waals surface area contributed by atoms with Crippen molar-refractivity contribution in [2.75, 3.05) is 13.2 Å². The molecule has 5 nitrogen and oxygen atoms in total. The minimum atomic E-state index is 0.115. The molecular weight excluding hydrogens is 218 g/mol. The SMILES string of the molecule is CC(C)N(CCCO)C(=O)CCn1cccn1. The van der Waals surface area contributed by atoms with Crippen molar-refractivity contribution in [1.82, 2.24) is 14.7 Å². The molecule has 0 bridgehead atoms. The van der Waals surface area contributed by atoms with E-state index in [1.54, 1.807) is 15.8 Å². The average Bonchev–Trinajstić information content (AvgIpc) is 2.79. The second-order valence-corrected chi connectivity index (χ2v) is 4.28. The van der Waals surface area contributed by atoms with E-state index in [1.165, 1.54) is 0 Å². The second-order valence-electron chi connectivity index (χ2n) is 4.28. The number of rotatable bonds is 7. The highest BCUT2D eigenvalue weighted by molar-refractivity contribution is 5.76. The molecule has 0 fully saturated rings. The van der Waals surface area contributed by atoms with Crippen LogP contribution in [0.25, 0.3) is 0 Å². The van der Waals surface area contributed by atoms with Crippen molar-refractivity contribution in [2.24, 2.45) is 0 Å². The third kappa shape index (κ3) is 4.56. The molecule has 1 aromatic heterocycles. The van der Waals surface area contributed by atoms with Crippen LogP contribution in [-0.2, 0) is 11.3 Å². The number of carbonyl (C=O) groups excluding carboxylic acids is 1. The first kappa shape index (κ1) is 13.7. The van der Waals surface area contributed by atoms with E-state index in [1.807, 2.05) is 26.1 Å². The molecule has 0 aliphatic carbocycles. The first-order valence-electron chi connectivity index (χ1n) is 6.03. The van der Waals surface area contributed by atoms with Crippen LogP contribution >= 0.6 is 0 Å². The number of amides is 1. The van der Waals surface area contributed by atoms with Crippen LogP contribution in [0.3, 0.4) is 0 Å². The Hall–Kier alpha value is -1.36. The van der Waals surface area contributed by atoms with Crippen LogP contribution in [-0.4, -0.2) is 44.9 Å². The molecule has 1 amide bonds. The summed E-state index contributed by atoms with van der Waals surface area (Å²) in [5.74, 6) is 0.115. The van der Waals surface area contributed by atoms with Gasteiger partial charge in [0.05, 0.1) is 0 Å². The summed E-state index contributed by atoms with van der Waals surface area (Å²) in [5.41, 5.74) is 0. The van der Waals surface area contributed by atoms with Gasteiger partial charge in [-0.15, -0.1) is 0 Å². The van der Waals surface area contributed by atoms with E-state index in [0.29, 0.717) is 25.9 Å². The lowest BCUT2D eigenvalue weighted by molar-refractivity contribution is -0.133. The van der Waals surface area contributed by atoms with Gasteiger partial charge in [-0.2, -0.15) is 5.10 Å². The Balaban J connectivity index is 2.42. The van der Waals surface area contributed by atoms with Crippen LogP contribution in [0.15, 0.2) is 18.5 Å². The fourth-order valence-corrected chi connectivity index (χ4v) is 1.70. The molecule has 1 aromatic rings. The van der Waals surface area contributed by atoms with E-state index in [4.69, 9.17) is 5.11 Å². The van der Waals surface area contributed by atoms with Crippen molar-refractivity contribution >= 4 is 5.91 Å². The van der Waals surface area contributed by atoms with Crippen LogP contribution < -0.4 is 0 Å². The smallest absolute Gasteiger partial charge is 0.224 e. The molecule has 0 saturated heterocycles. The zero-order valence-corrected chi connectivity index (χ0v) is 10.5. The van der Waals surface area contributed by atoms with E-state index in [2.05, 4.69) is 5.10 Å². The molecule has 0 aromatic carbocycles. The van der Waals surface area contributed by atoms with Crippen LogP contribution in [0, 0.1) is 0 Å². The normalized spacial score (nSPS) is 10.8. The lowest BCUT2D eigenvalue weighted by atomic mass is 10.2. The molecule has 1 rings (SSSR count). The molecule has 0 saturated carbocycles. The minimum Gasteiger partial charge on any atom is -0.396 e. The van der Waals surface area contributed by atoms with E-state index >= 15 is 0 Å². The van der Waals surface area contributed by atoms with Gasteiger partial charge < -0.3 is 10.0 Å². The van der Waals surface area contributed by atoms with Gasteiger partial charge in [0.1, 0.15) is 0 Å². The zero-order chi connectivity index (χ0) is 12.7. The maximum absolute atomic E-state index is 12.0. The van der Waals surface area contributed by atoms with Crippen LogP contribution in [0.1, 0.15) is 26.7 Å². The second kappa shape index (κ2) is 7.06. The number of carbonyl (C=O) groups is 1. The summed E-state index contributed by atoms with van der Waals surface area (Å²) >= 11 is 0. The Morgan fingerprint density at radius 1 is 1.53 bits per heavy atom. The summed E-state index contributed by atoms with van der Waals surface area (Å²) in [7, 11) is 0. The lowest BCUT2D eigenvalue weighted by Gasteiger charge is -2.26. The maximum atomic E-state index is 12.0. The van der Waals surface area contributed by atoms with Gasteiger partial charge >= 0.3 is 0 Å². The van der Waals surface area contributed by atoms with Crippen molar-refractivity contribution in [3.8, 4) is 0 Å². The van der Waals surface area contributed by atoms with E-state index in [0.717, 1.165) is 0 Å². The van der Waals surface area contributed by atoms with E-state index in [-0.39, 0.29) is 18.6 Å². The van der Waals surface area contributed by atoms with Gasteiger partial charge in [-0.1, -0.05) is 0 Å². The third-order valence-corrected chi connectivity index (χ3v) is 2.61. The Morgan fingerprint density at radius 3 is 2.82 bits per heavy atom. The van der Waals surface area contributed by atoms with Crippen molar-refractivity contribution < 1.29 is 9.90 Å². The molecular formula is C12H21N3O2. The van der Waals surface area contributed by atoms with Crippen molar-refractivity contribution in [3.05, 3.63) is 18.5 Å². The third-order valence-electron chi connectivity index (χ3n) is 2.61. The number of hydrogen-bond donors (Lipinski definition) is 1. The molecule has 0 aliphatic rings. The van der Waals surface area contributed by atoms with Gasteiger partial charge in [0.25, 0.3) is 0 Å². The number of aryl methyl sites for hydroxylation is 1. The van der Waals surface area contributed by atoms with Gasteiger partial charge in [0, 0.05) is 44.6 Å². The highest BCUT2D eigenvalue weighted by atomic mass is 16.3. The number of aromatic nitrogens is 2. The largest absolute Gasteiger partial charge is 0.396 e. The van der Waals surface area contributed by atoms with Crippen LogP contribution in [0.2, 0.25) is 0 Å². The lowest BCUT2D eigenvalue weighted by Crippen LogP contribution is -2.38. The van der Waals surface area contributed by atoms with Gasteiger partial charge in [-0.25, -0.2) is 0 Å². The number of aliphatic hydroxyl groups is 1. The molecule has 0 spiro atoms. The van der Waals surface area contributed by atoms with Crippen LogP contribution in [0.5, 0.6) is 0 Å². The fourth-order valence-electron chi connectivity index (χ4n) is 1.70. The first-order valence-corrected chi connectivity index (χ1v) is 6.03. The molecule has 1 N–H and O–H groups in total. The van der Waals surface area contributed by atoms with Crippen molar-refractivity contribution in [2.45, 2.75) is 39.3 Å². The summed E-state index contributed by atoms with van der Waals surface area (Å²) in [6.45, 7) is 5.32. The van der Waals surface area contributed by atoms with E-state index in [9.17, 15) is 4.79 Å². The van der Waals surface area contributed by atoms with Gasteiger partial charge in [0.15, 0.2) is 0 Å². The number of hydrogen-bond acceptors (Lipinski definition) is 3. The maximum Gasteiger partial charge on any atom is 0.224 e. The van der Waals surface area contributed by atoms with Crippen LogP contribution in [0.4, 0.5) is 0 Å². The van der Waals surface area contributed by atoms with Crippen molar-refractivity contribution in [3.63, 3.8) is 0 Å². The predicted molar refractivity (Wildman–Crippen MR) is 65.4 cm³/mol.